The summed E-state index contributed by atoms with van der Waals surface area (Å²) < 4.78 is 13.0. The predicted octanol–water partition coefficient (Wildman–Crippen LogP) is 1.97. The van der Waals surface area contributed by atoms with E-state index >= 15 is 0 Å². The molecular formula is C11H17ClFNO2. The van der Waals surface area contributed by atoms with Crippen LogP contribution >= 0.6 is 12.4 Å². The van der Waals surface area contributed by atoms with Gasteiger partial charge in [-0.2, -0.15) is 0 Å². The van der Waals surface area contributed by atoms with Crippen molar-refractivity contribution in [1.29, 1.82) is 0 Å². The average Bonchev–Trinajstić information content (AvgIpc) is 2.20. The molecule has 1 aromatic rings. The second kappa shape index (κ2) is 6.03. The molecular weight excluding hydrogens is 233 g/mol. The van der Waals surface area contributed by atoms with Crippen molar-refractivity contribution >= 4 is 12.4 Å². The van der Waals surface area contributed by atoms with Crippen LogP contribution in [0.15, 0.2) is 18.2 Å². The van der Waals surface area contributed by atoms with Crippen molar-refractivity contribution in [2.75, 3.05) is 0 Å². The van der Waals surface area contributed by atoms with Gasteiger partial charge in [-0.25, -0.2) is 4.39 Å². The van der Waals surface area contributed by atoms with Crippen LogP contribution in [0.1, 0.15) is 25.5 Å². The van der Waals surface area contributed by atoms with Gasteiger partial charge >= 0.3 is 0 Å². The van der Waals surface area contributed by atoms with Crippen molar-refractivity contribution in [3.05, 3.63) is 29.6 Å². The first-order valence-corrected chi connectivity index (χ1v) is 4.86. The predicted molar refractivity (Wildman–Crippen MR) is 63.1 cm³/mol. The van der Waals surface area contributed by atoms with Gasteiger partial charge in [0.1, 0.15) is 0 Å². The maximum atomic E-state index is 13.0. The van der Waals surface area contributed by atoms with Gasteiger partial charge in [-0.05, 0) is 12.0 Å². The van der Waals surface area contributed by atoms with E-state index < -0.39 is 23.7 Å². The third-order valence-corrected chi connectivity index (χ3v) is 2.43. The fraction of sp³-hybridized carbons (Fsp3) is 0.455. The number of phenolic OH excluding ortho intramolecular Hbond substituents is 1. The SMILES string of the molecule is CC(C)[C@H](O)[C@H](N)c1cccc(F)c1O.Cl. The molecule has 1 aromatic carbocycles. The zero-order chi connectivity index (χ0) is 11.6. The molecule has 0 saturated carbocycles. The molecule has 3 nitrogen and oxygen atoms in total. The Labute approximate surface area is 101 Å². The van der Waals surface area contributed by atoms with Gasteiger partial charge in [-0.3, -0.25) is 0 Å². The summed E-state index contributed by atoms with van der Waals surface area (Å²) >= 11 is 0. The van der Waals surface area contributed by atoms with Gasteiger partial charge in [0.2, 0.25) is 0 Å². The molecule has 0 aliphatic rings. The molecule has 16 heavy (non-hydrogen) atoms. The number of aromatic hydroxyl groups is 1. The lowest BCUT2D eigenvalue weighted by molar-refractivity contribution is 0.0968. The summed E-state index contributed by atoms with van der Waals surface area (Å²) in [7, 11) is 0. The van der Waals surface area contributed by atoms with Gasteiger partial charge in [-0.1, -0.05) is 26.0 Å². The minimum atomic E-state index is -0.808. The number of aliphatic hydroxyl groups is 1. The van der Waals surface area contributed by atoms with Crippen LogP contribution in [0.5, 0.6) is 5.75 Å². The number of phenols is 1. The molecule has 0 fully saturated rings. The van der Waals surface area contributed by atoms with E-state index in [-0.39, 0.29) is 23.9 Å². The highest BCUT2D eigenvalue weighted by molar-refractivity contribution is 5.85. The Hall–Kier alpha value is -0.840. The molecule has 0 aromatic heterocycles. The average molecular weight is 250 g/mol. The summed E-state index contributed by atoms with van der Waals surface area (Å²) in [6.07, 6.45) is -0.808. The lowest BCUT2D eigenvalue weighted by atomic mass is 9.94. The third-order valence-electron chi connectivity index (χ3n) is 2.43. The molecule has 0 saturated heterocycles. The quantitative estimate of drug-likeness (QED) is 0.767. The molecule has 0 radical (unpaired) electrons. The molecule has 2 atom stereocenters. The summed E-state index contributed by atoms with van der Waals surface area (Å²) in [5, 5.41) is 19.1. The number of hydrogen-bond acceptors (Lipinski definition) is 3. The highest BCUT2D eigenvalue weighted by atomic mass is 35.5. The van der Waals surface area contributed by atoms with E-state index in [0.717, 1.165) is 6.07 Å². The molecule has 0 aliphatic heterocycles. The first-order chi connectivity index (χ1) is 6.95. The Bertz CT molecular complexity index is 347. The van der Waals surface area contributed by atoms with Crippen LogP contribution in [0, 0.1) is 11.7 Å². The van der Waals surface area contributed by atoms with Crippen molar-refractivity contribution in [3.8, 4) is 5.75 Å². The van der Waals surface area contributed by atoms with Crippen LogP contribution in [0.4, 0.5) is 4.39 Å². The minimum absolute atomic E-state index is 0. The van der Waals surface area contributed by atoms with E-state index in [4.69, 9.17) is 5.73 Å². The summed E-state index contributed by atoms with van der Waals surface area (Å²) in [4.78, 5) is 0. The van der Waals surface area contributed by atoms with Crippen LogP contribution in [0.25, 0.3) is 0 Å². The molecule has 0 amide bonds. The van der Waals surface area contributed by atoms with Gasteiger partial charge in [-0.15, -0.1) is 12.4 Å². The van der Waals surface area contributed by atoms with Gasteiger partial charge < -0.3 is 15.9 Å². The zero-order valence-corrected chi connectivity index (χ0v) is 10.0. The van der Waals surface area contributed by atoms with Crippen molar-refractivity contribution in [1.82, 2.24) is 0 Å². The lowest BCUT2D eigenvalue weighted by Crippen LogP contribution is -2.30. The first kappa shape index (κ1) is 15.2. The van der Waals surface area contributed by atoms with E-state index in [1.54, 1.807) is 13.8 Å². The lowest BCUT2D eigenvalue weighted by Gasteiger charge is -2.23. The molecule has 0 heterocycles. The number of nitrogens with two attached hydrogens (primary N) is 1. The van der Waals surface area contributed by atoms with Crippen molar-refractivity contribution in [3.63, 3.8) is 0 Å². The molecule has 5 heteroatoms. The van der Waals surface area contributed by atoms with Crippen molar-refractivity contribution in [2.45, 2.75) is 26.0 Å². The normalized spacial score (nSPS) is 14.4. The number of rotatable bonds is 3. The summed E-state index contributed by atoms with van der Waals surface area (Å²) in [5.74, 6) is -1.26. The molecule has 92 valence electrons. The molecule has 0 bridgehead atoms. The molecule has 1 rings (SSSR count). The Balaban J connectivity index is 0.00000225. The third kappa shape index (κ3) is 3.07. The number of benzene rings is 1. The van der Waals surface area contributed by atoms with Crippen molar-refractivity contribution in [2.24, 2.45) is 11.7 Å². The maximum Gasteiger partial charge on any atom is 0.165 e. The van der Waals surface area contributed by atoms with Gasteiger partial charge in [0.25, 0.3) is 0 Å². The number of hydrogen-bond donors (Lipinski definition) is 3. The number of halogens is 2. The second-order valence-corrected chi connectivity index (χ2v) is 3.94. The monoisotopic (exact) mass is 249 g/mol. The van der Waals surface area contributed by atoms with E-state index in [1.165, 1.54) is 12.1 Å². The van der Waals surface area contributed by atoms with E-state index in [0.29, 0.717) is 0 Å². The van der Waals surface area contributed by atoms with Crippen LogP contribution < -0.4 is 5.73 Å². The van der Waals surface area contributed by atoms with Crippen LogP contribution in [-0.2, 0) is 0 Å². The molecule has 0 aliphatic carbocycles. The second-order valence-electron chi connectivity index (χ2n) is 3.94. The van der Waals surface area contributed by atoms with Gasteiger partial charge in [0.05, 0.1) is 12.1 Å². The highest BCUT2D eigenvalue weighted by Crippen LogP contribution is 2.29. The minimum Gasteiger partial charge on any atom is -0.505 e. The Morgan fingerprint density at radius 3 is 2.38 bits per heavy atom. The Morgan fingerprint density at radius 1 is 1.31 bits per heavy atom. The van der Waals surface area contributed by atoms with Crippen LogP contribution in [0.2, 0.25) is 0 Å². The fourth-order valence-electron chi connectivity index (χ4n) is 1.40. The summed E-state index contributed by atoms with van der Waals surface area (Å²) in [5.41, 5.74) is 5.97. The smallest absolute Gasteiger partial charge is 0.165 e. The van der Waals surface area contributed by atoms with E-state index in [2.05, 4.69) is 0 Å². The van der Waals surface area contributed by atoms with Crippen LogP contribution in [-0.4, -0.2) is 16.3 Å². The van der Waals surface area contributed by atoms with Gasteiger partial charge in [0, 0.05) is 5.56 Å². The number of para-hydroxylation sites is 1. The molecule has 0 spiro atoms. The fourth-order valence-corrected chi connectivity index (χ4v) is 1.40. The highest BCUT2D eigenvalue weighted by Gasteiger charge is 2.23. The zero-order valence-electron chi connectivity index (χ0n) is 9.22. The topological polar surface area (TPSA) is 66.5 Å². The Morgan fingerprint density at radius 2 is 1.88 bits per heavy atom. The summed E-state index contributed by atoms with van der Waals surface area (Å²) in [6.45, 7) is 3.61. The van der Waals surface area contributed by atoms with Crippen molar-refractivity contribution < 1.29 is 14.6 Å². The van der Waals surface area contributed by atoms with Gasteiger partial charge in [0.15, 0.2) is 11.6 Å². The maximum absolute atomic E-state index is 13.0. The largest absolute Gasteiger partial charge is 0.505 e. The summed E-state index contributed by atoms with van der Waals surface area (Å²) in [6, 6.07) is 3.33. The van der Waals surface area contributed by atoms with E-state index in [1.807, 2.05) is 0 Å². The number of aliphatic hydroxyl groups excluding tert-OH is 1. The first-order valence-electron chi connectivity index (χ1n) is 4.86. The van der Waals surface area contributed by atoms with E-state index in [9.17, 15) is 14.6 Å². The molecule has 0 unspecified atom stereocenters. The Kier molecular flexibility index (Phi) is 5.72. The standard InChI is InChI=1S/C11H16FNO2.ClH/c1-6(2)10(14)9(13)7-4-3-5-8(12)11(7)15;/h3-6,9-10,14-15H,13H2,1-2H3;1H/t9-,10+;/m1./s1. The molecule has 4 N–H and O–H groups in total. The van der Waals surface area contributed by atoms with Crippen LogP contribution in [0.3, 0.4) is 0 Å².